The molecule has 112 valence electrons. The molecule has 0 saturated heterocycles. The van der Waals surface area contributed by atoms with Gasteiger partial charge in [-0.15, -0.1) is 0 Å². The average molecular weight is 342 g/mol. The van der Waals surface area contributed by atoms with Gasteiger partial charge in [-0.2, -0.15) is 13.2 Å². The molecule has 1 aromatic heterocycles. The summed E-state index contributed by atoms with van der Waals surface area (Å²) in [5.41, 5.74) is 0.460. The number of aromatic nitrogens is 1. The predicted molar refractivity (Wildman–Crippen MR) is 82.2 cm³/mol. The molecule has 0 fully saturated rings. The Kier molecular flexibility index (Phi) is 3.75. The molecule has 0 bridgehead atoms. The molecule has 0 spiro atoms. The molecule has 0 amide bonds. The molecule has 0 aliphatic carbocycles. The Bertz CT molecular complexity index is 860. The van der Waals surface area contributed by atoms with Crippen LogP contribution in [0.2, 0.25) is 10.0 Å². The second-order valence-electron chi connectivity index (χ2n) is 4.69. The largest absolute Gasteiger partial charge is 0.418 e. The fourth-order valence-electron chi connectivity index (χ4n) is 2.32. The second-order valence-corrected chi connectivity index (χ2v) is 5.50. The minimum atomic E-state index is -4.46. The van der Waals surface area contributed by atoms with Gasteiger partial charge in [-0.05, 0) is 35.4 Å². The second kappa shape index (κ2) is 5.45. The van der Waals surface area contributed by atoms with Crippen LogP contribution in [-0.4, -0.2) is 4.98 Å². The van der Waals surface area contributed by atoms with Crippen molar-refractivity contribution in [3.8, 4) is 11.1 Å². The molecule has 1 nitrogen and oxygen atoms in total. The first-order valence-corrected chi connectivity index (χ1v) is 7.04. The highest BCUT2D eigenvalue weighted by atomic mass is 35.5. The zero-order valence-electron chi connectivity index (χ0n) is 11.0. The number of pyridine rings is 1. The van der Waals surface area contributed by atoms with Crippen LogP contribution in [0.4, 0.5) is 13.2 Å². The number of fused-ring (bicyclic) bond motifs is 1. The summed E-state index contributed by atoms with van der Waals surface area (Å²) in [5, 5.41) is 1.14. The lowest BCUT2D eigenvalue weighted by atomic mass is 9.99. The predicted octanol–water partition coefficient (Wildman–Crippen LogP) is 6.23. The van der Waals surface area contributed by atoms with Gasteiger partial charge in [0.1, 0.15) is 0 Å². The monoisotopic (exact) mass is 341 g/mol. The number of hydrogen-bond donors (Lipinski definition) is 0. The Morgan fingerprint density at radius 2 is 1.68 bits per heavy atom. The highest BCUT2D eigenvalue weighted by Gasteiger charge is 2.33. The maximum atomic E-state index is 13.1. The SMILES string of the molecule is FC(F)(F)c1cccc2c(-c3ccc(Cl)c(Cl)c3)ccnc12. The van der Waals surface area contributed by atoms with Gasteiger partial charge in [-0.1, -0.05) is 41.4 Å². The Labute approximate surface area is 134 Å². The average Bonchev–Trinajstić information content (AvgIpc) is 2.48. The van der Waals surface area contributed by atoms with Crippen molar-refractivity contribution in [3.63, 3.8) is 0 Å². The third-order valence-corrected chi connectivity index (χ3v) is 4.05. The third-order valence-electron chi connectivity index (χ3n) is 3.31. The minimum absolute atomic E-state index is 0.0847. The summed E-state index contributed by atoms with van der Waals surface area (Å²) in [6, 6.07) is 10.6. The minimum Gasteiger partial charge on any atom is -0.256 e. The number of para-hydroxylation sites is 1. The van der Waals surface area contributed by atoms with Crippen LogP contribution in [-0.2, 0) is 6.18 Å². The number of benzene rings is 2. The summed E-state index contributed by atoms with van der Waals surface area (Å²) in [6.07, 6.45) is -3.10. The van der Waals surface area contributed by atoms with Gasteiger partial charge in [0.05, 0.1) is 21.1 Å². The van der Waals surface area contributed by atoms with Crippen LogP contribution >= 0.6 is 23.2 Å². The summed E-state index contributed by atoms with van der Waals surface area (Å²) in [4.78, 5) is 3.89. The van der Waals surface area contributed by atoms with Crippen LogP contribution in [0.15, 0.2) is 48.7 Å². The number of nitrogens with zero attached hydrogens (tertiary/aromatic N) is 1. The Hall–Kier alpha value is -1.78. The van der Waals surface area contributed by atoms with Gasteiger partial charge in [0.15, 0.2) is 0 Å². The third kappa shape index (κ3) is 2.64. The van der Waals surface area contributed by atoms with E-state index < -0.39 is 11.7 Å². The molecule has 0 saturated carbocycles. The van der Waals surface area contributed by atoms with E-state index in [4.69, 9.17) is 23.2 Å². The molecule has 3 rings (SSSR count). The Morgan fingerprint density at radius 3 is 2.36 bits per heavy atom. The van der Waals surface area contributed by atoms with Crippen molar-refractivity contribution >= 4 is 34.1 Å². The highest BCUT2D eigenvalue weighted by Crippen LogP contribution is 2.37. The van der Waals surface area contributed by atoms with Gasteiger partial charge in [-0.25, -0.2) is 0 Å². The summed E-state index contributed by atoms with van der Waals surface area (Å²) < 4.78 is 39.3. The van der Waals surface area contributed by atoms with E-state index in [9.17, 15) is 13.2 Å². The van der Waals surface area contributed by atoms with Crippen LogP contribution in [0.3, 0.4) is 0 Å². The number of rotatable bonds is 1. The molecular formula is C16H8Cl2F3N. The Morgan fingerprint density at radius 1 is 0.909 bits per heavy atom. The Balaban J connectivity index is 2.30. The van der Waals surface area contributed by atoms with Gasteiger partial charge in [-0.3, -0.25) is 4.98 Å². The summed E-state index contributed by atoms with van der Waals surface area (Å²) in [7, 11) is 0. The van der Waals surface area contributed by atoms with E-state index in [2.05, 4.69) is 4.98 Å². The number of alkyl halides is 3. The molecule has 0 unspecified atom stereocenters. The van der Waals surface area contributed by atoms with E-state index in [1.807, 2.05) is 0 Å². The standard InChI is InChI=1S/C16H8Cl2F3N/c17-13-5-4-9(8-14(13)18)10-6-7-22-15-11(10)2-1-3-12(15)16(19,20)21/h1-8H. The first kappa shape index (κ1) is 15.1. The number of hydrogen-bond acceptors (Lipinski definition) is 1. The van der Waals surface area contributed by atoms with Crippen molar-refractivity contribution < 1.29 is 13.2 Å². The van der Waals surface area contributed by atoms with Crippen LogP contribution < -0.4 is 0 Å². The van der Waals surface area contributed by atoms with E-state index >= 15 is 0 Å². The zero-order valence-corrected chi connectivity index (χ0v) is 12.5. The van der Waals surface area contributed by atoms with E-state index in [-0.39, 0.29) is 5.52 Å². The van der Waals surface area contributed by atoms with Gasteiger partial charge >= 0.3 is 6.18 Å². The topological polar surface area (TPSA) is 12.9 Å². The van der Waals surface area contributed by atoms with Crippen LogP contribution in [0.25, 0.3) is 22.0 Å². The maximum Gasteiger partial charge on any atom is 0.418 e. The fraction of sp³-hybridized carbons (Fsp3) is 0.0625. The molecule has 2 aromatic carbocycles. The van der Waals surface area contributed by atoms with E-state index in [1.165, 1.54) is 12.3 Å². The molecule has 0 N–H and O–H groups in total. The smallest absolute Gasteiger partial charge is 0.256 e. The molecule has 3 aromatic rings. The zero-order chi connectivity index (χ0) is 15.9. The number of halogens is 5. The molecule has 0 aliphatic rings. The lowest BCUT2D eigenvalue weighted by Gasteiger charge is -2.12. The molecule has 0 atom stereocenters. The lowest BCUT2D eigenvalue weighted by Crippen LogP contribution is -2.06. The van der Waals surface area contributed by atoms with Crippen molar-refractivity contribution in [2.45, 2.75) is 6.18 Å². The van der Waals surface area contributed by atoms with Crippen LogP contribution in [0, 0.1) is 0 Å². The first-order chi connectivity index (χ1) is 10.4. The van der Waals surface area contributed by atoms with Crippen molar-refractivity contribution in [1.82, 2.24) is 4.98 Å². The van der Waals surface area contributed by atoms with Gasteiger partial charge < -0.3 is 0 Å². The van der Waals surface area contributed by atoms with E-state index in [0.29, 0.717) is 26.6 Å². The van der Waals surface area contributed by atoms with Crippen molar-refractivity contribution in [3.05, 3.63) is 64.3 Å². The van der Waals surface area contributed by atoms with Crippen molar-refractivity contribution in [2.75, 3.05) is 0 Å². The molecule has 0 aliphatic heterocycles. The summed E-state index contributed by atoms with van der Waals surface area (Å²) >= 11 is 11.9. The van der Waals surface area contributed by atoms with Gasteiger partial charge in [0.2, 0.25) is 0 Å². The molecule has 1 heterocycles. The van der Waals surface area contributed by atoms with Crippen molar-refractivity contribution in [1.29, 1.82) is 0 Å². The van der Waals surface area contributed by atoms with Crippen LogP contribution in [0.5, 0.6) is 0 Å². The summed E-state index contributed by atoms with van der Waals surface area (Å²) in [6.45, 7) is 0. The van der Waals surface area contributed by atoms with Gasteiger partial charge in [0, 0.05) is 11.6 Å². The quantitative estimate of drug-likeness (QED) is 0.511. The van der Waals surface area contributed by atoms with E-state index in [0.717, 1.165) is 6.07 Å². The molecular weight excluding hydrogens is 334 g/mol. The highest BCUT2D eigenvalue weighted by molar-refractivity contribution is 6.42. The molecule has 6 heteroatoms. The fourth-order valence-corrected chi connectivity index (χ4v) is 2.62. The summed E-state index contributed by atoms with van der Waals surface area (Å²) in [5.74, 6) is 0. The molecule has 0 radical (unpaired) electrons. The van der Waals surface area contributed by atoms with Crippen molar-refractivity contribution in [2.24, 2.45) is 0 Å². The molecule has 22 heavy (non-hydrogen) atoms. The normalized spacial score (nSPS) is 11.9. The van der Waals surface area contributed by atoms with Gasteiger partial charge in [0.25, 0.3) is 0 Å². The lowest BCUT2D eigenvalue weighted by molar-refractivity contribution is -0.136. The van der Waals surface area contributed by atoms with Crippen LogP contribution in [0.1, 0.15) is 5.56 Å². The maximum absolute atomic E-state index is 13.1. The first-order valence-electron chi connectivity index (χ1n) is 6.28. The van der Waals surface area contributed by atoms with E-state index in [1.54, 1.807) is 30.3 Å².